The molecule has 0 spiro atoms. The third-order valence-corrected chi connectivity index (χ3v) is 8.09. The molecule has 9 nitrogen and oxygen atoms in total. The van der Waals surface area contributed by atoms with Crippen LogP contribution in [0, 0.1) is 0 Å². The van der Waals surface area contributed by atoms with Crippen molar-refractivity contribution in [2.24, 2.45) is 0 Å². The first kappa shape index (κ1) is 26.4. The van der Waals surface area contributed by atoms with Crippen molar-refractivity contribution in [3.63, 3.8) is 0 Å². The van der Waals surface area contributed by atoms with Crippen molar-refractivity contribution in [2.75, 3.05) is 18.1 Å². The molecule has 0 aliphatic rings. The number of nitrogens with one attached hydrogen (secondary N) is 2. The summed E-state index contributed by atoms with van der Waals surface area (Å²) in [5.74, 6) is 0.422. The van der Waals surface area contributed by atoms with Crippen molar-refractivity contribution < 1.29 is 8.42 Å². The smallest absolute Gasteiger partial charge is 0.264 e. The van der Waals surface area contributed by atoms with E-state index in [0.29, 0.717) is 44.1 Å². The number of rotatable bonds is 7. The number of para-hydroxylation sites is 1. The second kappa shape index (κ2) is 10.5. The van der Waals surface area contributed by atoms with Gasteiger partial charge in [0, 0.05) is 23.1 Å². The lowest BCUT2D eigenvalue weighted by molar-refractivity contribution is 0.588. The average Bonchev–Trinajstić information content (AvgIpc) is 2.93. The van der Waals surface area contributed by atoms with Crippen molar-refractivity contribution in [2.45, 2.75) is 17.9 Å². The summed E-state index contributed by atoms with van der Waals surface area (Å²) < 4.78 is 28.7. The van der Waals surface area contributed by atoms with Gasteiger partial charge in [-0.25, -0.2) is 18.1 Å². The summed E-state index contributed by atoms with van der Waals surface area (Å²) in [5, 5.41) is 4.87. The topological polar surface area (TPSA) is 132 Å². The van der Waals surface area contributed by atoms with Gasteiger partial charge in [-0.15, -0.1) is 0 Å². The molecule has 5 rings (SSSR count). The van der Waals surface area contributed by atoms with Crippen LogP contribution in [-0.2, 0) is 10.0 Å². The maximum atomic E-state index is 13.8. The maximum Gasteiger partial charge on any atom is 0.264 e. The van der Waals surface area contributed by atoms with E-state index in [1.807, 2.05) is 49.4 Å². The molecule has 39 heavy (non-hydrogen) atoms. The molecule has 5 aromatic rings. The van der Waals surface area contributed by atoms with Crippen LogP contribution in [0.3, 0.4) is 0 Å². The maximum absolute atomic E-state index is 13.8. The highest BCUT2D eigenvalue weighted by Gasteiger charge is 2.20. The van der Waals surface area contributed by atoms with Gasteiger partial charge in [-0.2, -0.15) is 4.98 Å². The second-order valence-corrected chi connectivity index (χ2v) is 11.1. The predicted molar refractivity (Wildman–Crippen MR) is 155 cm³/mol. The van der Waals surface area contributed by atoms with Crippen molar-refractivity contribution in [1.29, 1.82) is 0 Å². The number of aromatic nitrogens is 3. The third-order valence-electron chi connectivity index (χ3n) is 6.37. The number of nitrogen functional groups attached to an aromatic ring is 1. The lowest BCUT2D eigenvalue weighted by atomic mass is 10.1. The summed E-state index contributed by atoms with van der Waals surface area (Å²) in [7, 11) is -2.31. The van der Waals surface area contributed by atoms with E-state index in [1.54, 1.807) is 28.8 Å². The normalized spacial score (nSPS) is 12.4. The van der Waals surface area contributed by atoms with E-state index in [0.717, 1.165) is 0 Å². The summed E-state index contributed by atoms with van der Waals surface area (Å²) in [6.45, 7) is 1.90. The van der Waals surface area contributed by atoms with E-state index in [1.165, 1.54) is 25.4 Å². The summed E-state index contributed by atoms with van der Waals surface area (Å²) in [4.78, 5) is 22.4. The van der Waals surface area contributed by atoms with E-state index >= 15 is 0 Å². The van der Waals surface area contributed by atoms with Crippen molar-refractivity contribution in [1.82, 2.24) is 19.3 Å². The quantitative estimate of drug-likeness (QED) is 0.261. The summed E-state index contributed by atoms with van der Waals surface area (Å²) >= 11 is 6.44. The summed E-state index contributed by atoms with van der Waals surface area (Å²) in [6, 6.07) is 22.5. The number of hydrogen-bond acceptors (Lipinski definition) is 7. The molecule has 11 heteroatoms. The molecule has 0 saturated carbocycles. The molecule has 0 amide bonds. The Morgan fingerprint density at radius 1 is 1.00 bits per heavy atom. The fraction of sp³-hybridized carbons (Fsp3) is 0.107. The molecule has 0 unspecified atom stereocenters. The molecule has 3 aromatic carbocycles. The Labute approximate surface area is 230 Å². The molecule has 1 atom stereocenters. The van der Waals surface area contributed by atoms with Crippen LogP contribution in [0.1, 0.15) is 18.7 Å². The predicted octanol–water partition coefficient (Wildman–Crippen LogP) is 4.76. The van der Waals surface area contributed by atoms with Gasteiger partial charge in [0.1, 0.15) is 5.82 Å². The number of nitrogens with two attached hydrogens (primary N) is 1. The number of halogens is 1. The minimum Gasteiger partial charge on any atom is -0.368 e. The van der Waals surface area contributed by atoms with Gasteiger partial charge in [0.15, 0.2) is 0 Å². The monoisotopic (exact) mass is 560 g/mol. The Morgan fingerprint density at radius 3 is 2.49 bits per heavy atom. The number of fused-ring (bicyclic) bond motifs is 1. The van der Waals surface area contributed by atoms with Crippen LogP contribution in [-0.4, -0.2) is 30.0 Å². The van der Waals surface area contributed by atoms with E-state index in [9.17, 15) is 13.2 Å². The molecule has 0 aliphatic heterocycles. The van der Waals surface area contributed by atoms with Gasteiger partial charge in [0.25, 0.3) is 5.56 Å². The Hall–Kier alpha value is -4.25. The lowest BCUT2D eigenvalue weighted by Gasteiger charge is -2.23. The summed E-state index contributed by atoms with van der Waals surface area (Å²) in [5.41, 5.74) is 8.15. The van der Waals surface area contributed by atoms with Crippen molar-refractivity contribution >= 4 is 44.2 Å². The molecular weight excluding hydrogens is 536 g/mol. The Kier molecular flexibility index (Phi) is 7.09. The molecule has 0 fully saturated rings. The van der Waals surface area contributed by atoms with Gasteiger partial charge >= 0.3 is 0 Å². The number of benzene rings is 3. The van der Waals surface area contributed by atoms with Gasteiger partial charge in [-0.1, -0.05) is 54.1 Å². The van der Waals surface area contributed by atoms with Crippen molar-refractivity contribution in [3.05, 3.63) is 106 Å². The van der Waals surface area contributed by atoms with Crippen LogP contribution < -0.4 is 21.3 Å². The standard InChI is InChI=1S/C28H25ClN6O3S/c1-17(24-15-19-9-7-13-23(29)25(19)27(36)35(24)20-10-4-3-5-11-20)33-26-22(16-32-28(30)34-26)18-8-6-12-21(14-18)39(37,38)31-2/h3-17,31H,1-2H3,(H3,30,32,33,34)/t17-/m0/s1. The fourth-order valence-electron chi connectivity index (χ4n) is 4.45. The van der Waals surface area contributed by atoms with Crippen LogP contribution in [0.25, 0.3) is 27.6 Å². The Balaban J connectivity index is 1.65. The zero-order chi connectivity index (χ0) is 27.7. The second-order valence-electron chi connectivity index (χ2n) is 8.84. The molecule has 4 N–H and O–H groups in total. The Morgan fingerprint density at radius 2 is 1.74 bits per heavy atom. The lowest BCUT2D eigenvalue weighted by Crippen LogP contribution is -2.26. The highest BCUT2D eigenvalue weighted by molar-refractivity contribution is 7.89. The van der Waals surface area contributed by atoms with Crippen LogP contribution in [0.5, 0.6) is 0 Å². The minimum absolute atomic E-state index is 0.0400. The molecule has 2 heterocycles. The zero-order valence-electron chi connectivity index (χ0n) is 21.1. The number of sulfonamides is 1. The van der Waals surface area contributed by atoms with Crippen LogP contribution in [0.15, 0.2) is 94.7 Å². The van der Waals surface area contributed by atoms with E-state index in [2.05, 4.69) is 20.0 Å². The van der Waals surface area contributed by atoms with E-state index in [-0.39, 0.29) is 16.4 Å². The van der Waals surface area contributed by atoms with Gasteiger partial charge in [0.05, 0.1) is 21.3 Å². The number of anilines is 2. The molecule has 0 aliphatic carbocycles. The SMILES string of the molecule is CNS(=O)(=O)c1cccc(-c2cnc(N)nc2N[C@@H](C)c2cc3cccc(Cl)c3c(=O)n2-c2ccccc2)c1. The van der Waals surface area contributed by atoms with Crippen LogP contribution >= 0.6 is 11.6 Å². The molecule has 0 bridgehead atoms. The fourth-order valence-corrected chi connectivity index (χ4v) is 5.48. The highest BCUT2D eigenvalue weighted by Crippen LogP contribution is 2.32. The minimum atomic E-state index is -3.67. The third kappa shape index (κ3) is 5.09. The molecule has 0 radical (unpaired) electrons. The number of nitrogens with zero attached hydrogens (tertiary/aromatic N) is 3. The van der Waals surface area contributed by atoms with E-state index in [4.69, 9.17) is 17.3 Å². The Bertz CT molecular complexity index is 1860. The largest absolute Gasteiger partial charge is 0.368 e. The molecule has 198 valence electrons. The molecule has 0 saturated heterocycles. The number of hydrogen-bond donors (Lipinski definition) is 3. The number of pyridine rings is 1. The molecular formula is C28H25ClN6O3S. The van der Waals surface area contributed by atoms with Crippen LogP contribution in [0.4, 0.5) is 11.8 Å². The van der Waals surface area contributed by atoms with Gasteiger partial charge < -0.3 is 11.1 Å². The summed E-state index contributed by atoms with van der Waals surface area (Å²) in [6.07, 6.45) is 1.53. The average molecular weight is 561 g/mol. The highest BCUT2D eigenvalue weighted by atomic mass is 35.5. The zero-order valence-corrected chi connectivity index (χ0v) is 22.7. The van der Waals surface area contributed by atoms with Gasteiger partial charge in [-0.3, -0.25) is 9.36 Å². The van der Waals surface area contributed by atoms with E-state index < -0.39 is 16.1 Å². The molecule has 2 aromatic heterocycles. The van der Waals surface area contributed by atoms with Gasteiger partial charge in [-0.05, 0) is 61.3 Å². The van der Waals surface area contributed by atoms with Gasteiger partial charge in [0.2, 0.25) is 16.0 Å². The van der Waals surface area contributed by atoms with Crippen LogP contribution in [0.2, 0.25) is 5.02 Å². The van der Waals surface area contributed by atoms with Crippen molar-refractivity contribution in [3.8, 4) is 16.8 Å². The first-order chi connectivity index (χ1) is 18.7. The first-order valence-corrected chi connectivity index (χ1v) is 13.9. The first-order valence-electron chi connectivity index (χ1n) is 12.0.